The lowest BCUT2D eigenvalue weighted by atomic mass is 10.1. The fourth-order valence-corrected chi connectivity index (χ4v) is 2.56. The number of hydrogen-bond acceptors (Lipinski definition) is 3. The summed E-state index contributed by atoms with van der Waals surface area (Å²) in [6, 6.07) is 5.48. The van der Waals surface area contributed by atoms with Crippen molar-refractivity contribution in [3.63, 3.8) is 0 Å². The van der Waals surface area contributed by atoms with Gasteiger partial charge in [0.15, 0.2) is 4.33 Å². The maximum Gasteiger partial charge on any atom is 0.269 e. The van der Waals surface area contributed by atoms with E-state index in [9.17, 15) is 14.9 Å². The van der Waals surface area contributed by atoms with Gasteiger partial charge < -0.3 is 0 Å². The number of piperidine rings is 1. The number of anilines is 1. The minimum atomic E-state index is -1.51. The maximum absolute atomic E-state index is 12.1. The van der Waals surface area contributed by atoms with Crippen molar-refractivity contribution < 1.29 is 9.72 Å². The van der Waals surface area contributed by atoms with E-state index in [2.05, 4.69) is 0 Å². The predicted molar refractivity (Wildman–Crippen MR) is 73.9 cm³/mol. The maximum atomic E-state index is 12.1. The molecule has 1 heterocycles. The van der Waals surface area contributed by atoms with Crippen molar-refractivity contribution in [2.24, 2.45) is 0 Å². The van der Waals surface area contributed by atoms with Gasteiger partial charge in [0.1, 0.15) is 5.50 Å². The van der Waals surface area contributed by atoms with Crippen molar-refractivity contribution >= 4 is 52.1 Å². The number of amides is 1. The van der Waals surface area contributed by atoms with E-state index in [1.807, 2.05) is 0 Å². The Kier molecular flexibility index (Phi) is 3.90. The van der Waals surface area contributed by atoms with Gasteiger partial charge in [-0.05, 0) is 25.0 Å². The molecule has 0 radical (unpaired) electrons. The summed E-state index contributed by atoms with van der Waals surface area (Å²) < 4.78 is -1.51. The van der Waals surface area contributed by atoms with Gasteiger partial charge in [-0.25, -0.2) is 0 Å². The molecule has 8 heteroatoms. The second kappa shape index (κ2) is 5.15. The zero-order chi connectivity index (χ0) is 14.2. The van der Waals surface area contributed by atoms with Crippen molar-refractivity contribution in [3.05, 3.63) is 34.4 Å². The van der Waals surface area contributed by atoms with Gasteiger partial charge in [-0.2, -0.15) is 0 Å². The van der Waals surface area contributed by atoms with Crippen LogP contribution in [0.25, 0.3) is 0 Å². The Morgan fingerprint density at radius 1 is 1.32 bits per heavy atom. The topological polar surface area (TPSA) is 63.5 Å². The highest BCUT2D eigenvalue weighted by atomic mass is 35.5. The molecule has 1 aliphatic heterocycles. The number of halogens is 3. The van der Waals surface area contributed by atoms with Crippen LogP contribution in [-0.4, -0.2) is 20.7 Å². The largest absolute Gasteiger partial charge is 0.293 e. The third-order valence-corrected chi connectivity index (χ3v) is 3.96. The number of hydrogen-bond donors (Lipinski definition) is 0. The Bertz CT molecular complexity index is 518. The molecule has 1 unspecified atom stereocenters. The van der Waals surface area contributed by atoms with Crippen LogP contribution in [0.1, 0.15) is 12.8 Å². The molecule has 0 aliphatic carbocycles. The summed E-state index contributed by atoms with van der Waals surface area (Å²) in [5.41, 5.74) is -0.206. The summed E-state index contributed by atoms with van der Waals surface area (Å²) in [5, 5.41) is 10.6. The normalized spacial score (nSPS) is 22.4. The number of alkyl halides is 3. The molecule has 19 heavy (non-hydrogen) atoms. The first kappa shape index (κ1) is 14.4. The highest BCUT2D eigenvalue weighted by Gasteiger charge is 2.45. The quantitative estimate of drug-likeness (QED) is 0.362. The first-order valence-corrected chi connectivity index (χ1v) is 6.62. The molecule has 0 bridgehead atoms. The van der Waals surface area contributed by atoms with Crippen molar-refractivity contribution in [3.8, 4) is 0 Å². The molecule has 1 aromatic carbocycles. The summed E-state index contributed by atoms with van der Waals surface area (Å²) in [7, 11) is 0. The van der Waals surface area contributed by atoms with E-state index in [0.29, 0.717) is 12.1 Å². The minimum absolute atomic E-state index is 0.0673. The zero-order valence-electron chi connectivity index (χ0n) is 9.55. The predicted octanol–water partition coefficient (Wildman–Crippen LogP) is 3.46. The van der Waals surface area contributed by atoms with Crippen LogP contribution in [0, 0.1) is 10.1 Å². The number of nitrogens with zero attached hydrogens (tertiary/aromatic N) is 2. The molecule has 0 saturated carbocycles. The summed E-state index contributed by atoms with van der Waals surface area (Å²) in [5.74, 6) is -0.518. The van der Waals surface area contributed by atoms with Gasteiger partial charge in [-0.1, -0.05) is 34.8 Å². The van der Waals surface area contributed by atoms with Crippen LogP contribution >= 0.6 is 34.8 Å². The Balaban J connectivity index is 2.33. The molecule has 1 fully saturated rings. The van der Waals surface area contributed by atoms with Gasteiger partial charge in [0.05, 0.1) is 4.92 Å². The number of non-ortho nitro benzene ring substituents is 1. The molecule has 102 valence electrons. The Morgan fingerprint density at radius 3 is 2.42 bits per heavy atom. The highest BCUT2D eigenvalue weighted by Crippen LogP contribution is 2.39. The molecular weight excluding hydrogens is 314 g/mol. The summed E-state index contributed by atoms with van der Waals surface area (Å²) in [6.45, 7) is 0. The van der Waals surface area contributed by atoms with Crippen molar-refractivity contribution in [2.45, 2.75) is 22.7 Å². The molecule has 1 amide bonds. The van der Waals surface area contributed by atoms with Crippen molar-refractivity contribution in [2.75, 3.05) is 4.90 Å². The summed E-state index contributed by atoms with van der Waals surface area (Å²) in [6.07, 6.45) is 0.712. The van der Waals surface area contributed by atoms with Gasteiger partial charge in [0.25, 0.3) is 11.6 Å². The van der Waals surface area contributed by atoms with Gasteiger partial charge in [-0.15, -0.1) is 0 Å². The molecule has 1 aromatic rings. The van der Waals surface area contributed by atoms with E-state index >= 15 is 0 Å². The number of carbonyl (C=O) groups is 1. The average molecular weight is 324 g/mol. The Labute approximate surface area is 124 Å². The van der Waals surface area contributed by atoms with E-state index in [0.717, 1.165) is 0 Å². The third-order valence-electron chi connectivity index (χ3n) is 2.85. The first-order valence-electron chi connectivity index (χ1n) is 5.43. The Hall–Kier alpha value is -1.04. The highest BCUT2D eigenvalue weighted by molar-refractivity contribution is 6.59. The van der Waals surface area contributed by atoms with Gasteiger partial charge in [-0.3, -0.25) is 19.8 Å². The van der Waals surface area contributed by atoms with Crippen LogP contribution in [-0.2, 0) is 4.79 Å². The van der Waals surface area contributed by atoms with E-state index < -0.39 is 20.7 Å². The van der Waals surface area contributed by atoms with E-state index in [4.69, 9.17) is 34.8 Å². The van der Waals surface area contributed by atoms with Gasteiger partial charge >= 0.3 is 0 Å². The Morgan fingerprint density at radius 2 is 1.89 bits per heavy atom. The van der Waals surface area contributed by atoms with Crippen LogP contribution in [0.3, 0.4) is 0 Å². The fourth-order valence-electron chi connectivity index (χ4n) is 1.85. The summed E-state index contributed by atoms with van der Waals surface area (Å²) in [4.78, 5) is 23.4. The van der Waals surface area contributed by atoms with E-state index in [-0.39, 0.29) is 12.1 Å². The number of nitro benzene ring substituents is 1. The standard InChI is InChI=1S/C11H9Cl3N2O3/c12-9-5-6-11(13,14)10(17)15(9)7-1-3-8(4-2-7)16(18)19/h1-4,9H,5-6H2. The molecule has 1 atom stereocenters. The smallest absolute Gasteiger partial charge is 0.269 e. The zero-order valence-corrected chi connectivity index (χ0v) is 11.8. The molecule has 1 aliphatic rings. The number of nitro groups is 1. The second-order valence-corrected chi connectivity index (χ2v) is 6.11. The van der Waals surface area contributed by atoms with Gasteiger partial charge in [0, 0.05) is 17.8 Å². The lowest BCUT2D eigenvalue weighted by molar-refractivity contribution is -0.384. The van der Waals surface area contributed by atoms with Gasteiger partial charge in [0.2, 0.25) is 0 Å². The monoisotopic (exact) mass is 322 g/mol. The molecule has 0 aromatic heterocycles. The van der Waals surface area contributed by atoms with Crippen LogP contribution in [0.2, 0.25) is 0 Å². The second-order valence-electron chi connectivity index (χ2n) is 4.13. The number of carbonyl (C=O) groups excluding carboxylic acids is 1. The van der Waals surface area contributed by atoms with Crippen LogP contribution in [0.4, 0.5) is 11.4 Å². The molecule has 5 nitrogen and oxygen atoms in total. The lowest BCUT2D eigenvalue weighted by Gasteiger charge is -2.37. The fraction of sp³-hybridized carbons (Fsp3) is 0.364. The summed E-state index contributed by atoms with van der Waals surface area (Å²) >= 11 is 17.9. The average Bonchev–Trinajstić information content (AvgIpc) is 2.36. The van der Waals surface area contributed by atoms with E-state index in [1.54, 1.807) is 0 Å². The van der Waals surface area contributed by atoms with Crippen molar-refractivity contribution in [1.29, 1.82) is 0 Å². The lowest BCUT2D eigenvalue weighted by Crippen LogP contribution is -2.51. The van der Waals surface area contributed by atoms with Crippen LogP contribution < -0.4 is 4.90 Å². The molecule has 0 N–H and O–H groups in total. The SMILES string of the molecule is O=C1N(c2ccc([N+](=O)[O-])cc2)C(Cl)CCC1(Cl)Cl. The first-order chi connectivity index (χ1) is 8.83. The molecule has 1 saturated heterocycles. The number of rotatable bonds is 2. The van der Waals surface area contributed by atoms with E-state index in [1.165, 1.54) is 29.2 Å². The van der Waals surface area contributed by atoms with Crippen LogP contribution in [0.15, 0.2) is 24.3 Å². The molecular formula is C11H9Cl3N2O3. The number of benzene rings is 1. The minimum Gasteiger partial charge on any atom is -0.293 e. The molecule has 0 spiro atoms. The third kappa shape index (κ3) is 2.78. The molecule has 2 rings (SSSR count). The van der Waals surface area contributed by atoms with Crippen molar-refractivity contribution in [1.82, 2.24) is 0 Å². The van der Waals surface area contributed by atoms with Crippen LogP contribution in [0.5, 0.6) is 0 Å².